The lowest BCUT2D eigenvalue weighted by Crippen LogP contribution is -2.50. The second kappa shape index (κ2) is 11.6. The zero-order chi connectivity index (χ0) is 22.3. The van der Waals surface area contributed by atoms with Crippen LogP contribution in [0.25, 0.3) is 0 Å². The first-order valence-electron chi connectivity index (χ1n) is 11.3. The molecule has 2 aliphatic heterocycles. The van der Waals surface area contributed by atoms with E-state index < -0.39 is 0 Å². The molecule has 0 bridgehead atoms. The van der Waals surface area contributed by atoms with Crippen molar-refractivity contribution in [3.63, 3.8) is 0 Å². The van der Waals surface area contributed by atoms with Gasteiger partial charge >= 0.3 is 0 Å². The van der Waals surface area contributed by atoms with Gasteiger partial charge in [-0.2, -0.15) is 0 Å². The minimum absolute atomic E-state index is 0.241. The van der Waals surface area contributed by atoms with E-state index >= 15 is 0 Å². The number of halogens is 2. The predicted octanol–water partition coefficient (Wildman–Crippen LogP) is 4.68. The van der Waals surface area contributed by atoms with Gasteiger partial charge in [-0.1, -0.05) is 35.3 Å². The first kappa shape index (κ1) is 23.7. The standard InChI is InChI=1S/C24H30Cl2N4OS/c25-21-7-6-20(22(26)14-21)17-32-18-24(31)30-9-3-4-19(16-30)15-28-10-12-29(13-11-28)23-5-1-2-8-27-23/h1-2,5-8,14,19H,3-4,9-13,15-18H2. The quantitative estimate of drug-likeness (QED) is 0.560. The van der Waals surface area contributed by atoms with E-state index in [0.717, 1.165) is 69.4 Å². The zero-order valence-electron chi connectivity index (χ0n) is 18.3. The van der Waals surface area contributed by atoms with Crippen molar-refractivity contribution < 1.29 is 4.79 Å². The summed E-state index contributed by atoms with van der Waals surface area (Å²) in [5.41, 5.74) is 1.02. The van der Waals surface area contributed by atoms with Crippen molar-refractivity contribution >= 4 is 46.7 Å². The van der Waals surface area contributed by atoms with Gasteiger partial charge in [0.05, 0.1) is 5.75 Å². The fourth-order valence-electron chi connectivity index (χ4n) is 4.48. The van der Waals surface area contributed by atoms with Crippen LogP contribution in [0.5, 0.6) is 0 Å². The molecule has 0 saturated carbocycles. The number of pyridine rings is 1. The van der Waals surface area contributed by atoms with Gasteiger partial charge in [0.2, 0.25) is 5.91 Å². The summed E-state index contributed by atoms with van der Waals surface area (Å²) in [6, 6.07) is 11.6. The zero-order valence-corrected chi connectivity index (χ0v) is 20.6. The number of benzene rings is 1. The monoisotopic (exact) mass is 492 g/mol. The van der Waals surface area contributed by atoms with E-state index in [4.69, 9.17) is 23.2 Å². The molecule has 172 valence electrons. The van der Waals surface area contributed by atoms with Crippen molar-refractivity contribution in [2.24, 2.45) is 5.92 Å². The third kappa shape index (κ3) is 6.53. The molecule has 32 heavy (non-hydrogen) atoms. The molecule has 1 atom stereocenters. The second-order valence-corrected chi connectivity index (χ2v) is 10.4. The molecule has 1 aromatic carbocycles. The Hall–Kier alpha value is -1.47. The number of carbonyl (C=O) groups is 1. The van der Waals surface area contributed by atoms with Gasteiger partial charge in [-0.3, -0.25) is 9.69 Å². The fraction of sp³-hybridized carbons (Fsp3) is 0.500. The number of nitrogens with zero attached hydrogens (tertiary/aromatic N) is 4. The van der Waals surface area contributed by atoms with Crippen molar-refractivity contribution in [1.82, 2.24) is 14.8 Å². The number of aromatic nitrogens is 1. The molecule has 5 nitrogen and oxygen atoms in total. The Balaban J connectivity index is 1.19. The van der Waals surface area contributed by atoms with Crippen LogP contribution in [0.4, 0.5) is 5.82 Å². The summed E-state index contributed by atoms with van der Waals surface area (Å²) in [7, 11) is 0. The molecule has 2 aliphatic rings. The Kier molecular flexibility index (Phi) is 8.58. The van der Waals surface area contributed by atoms with Crippen molar-refractivity contribution in [1.29, 1.82) is 0 Å². The van der Waals surface area contributed by atoms with Crippen LogP contribution in [-0.4, -0.2) is 72.3 Å². The van der Waals surface area contributed by atoms with Crippen LogP contribution in [0.2, 0.25) is 10.0 Å². The summed E-state index contributed by atoms with van der Waals surface area (Å²) in [5, 5.41) is 1.30. The van der Waals surface area contributed by atoms with Crippen molar-refractivity contribution in [3.05, 3.63) is 58.2 Å². The molecular formula is C24H30Cl2N4OS. The molecule has 3 heterocycles. The highest BCUT2D eigenvalue weighted by Gasteiger charge is 2.26. The number of rotatable bonds is 7. The molecule has 0 spiro atoms. The number of hydrogen-bond donors (Lipinski definition) is 0. The van der Waals surface area contributed by atoms with E-state index in [2.05, 4.69) is 25.8 Å². The Morgan fingerprint density at radius 2 is 1.94 bits per heavy atom. The lowest BCUT2D eigenvalue weighted by atomic mass is 9.97. The average Bonchev–Trinajstić information content (AvgIpc) is 2.82. The molecule has 1 amide bonds. The fourth-order valence-corrected chi connectivity index (χ4v) is 5.97. The largest absolute Gasteiger partial charge is 0.354 e. The number of carbonyl (C=O) groups excluding carboxylic acids is 1. The lowest BCUT2D eigenvalue weighted by molar-refractivity contribution is -0.130. The Morgan fingerprint density at radius 1 is 1.09 bits per heavy atom. The number of anilines is 1. The maximum Gasteiger partial charge on any atom is 0.232 e. The molecule has 2 saturated heterocycles. The summed E-state index contributed by atoms with van der Waals surface area (Å²) in [6.45, 7) is 6.96. The van der Waals surface area contributed by atoms with Crippen LogP contribution in [0.1, 0.15) is 18.4 Å². The Labute approximate surface area is 205 Å². The first-order valence-corrected chi connectivity index (χ1v) is 13.2. The molecule has 1 aromatic heterocycles. The molecule has 8 heteroatoms. The minimum Gasteiger partial charge on any atom is -0.354 e. The predicted molar refractivity (Wildman–Crippen MR) is 135 cm³/mol. The number of piperazine rings is 1. The first-order chi connectivity index (χ1) is 15.6. The molecule has 2 fully saturated rings. The van der Waals surface area contributed by atoms with Gasteiger partial charge in [0.15, 0.2) is 0 Å². The third-order valence-electron chi connectivity index (χ3n) is 6.23. The van der Waals surface area contributed by atoms with Gasteiger partial charge in [-0.25, -0.2) is 4.98 Å². The number of likely N-dealkylation sites (tertiary alicyclic amines) is 1. The average molecular weight is 494 g/mol. The highest BCUT2D eigenvalue weighted by Crippen LogP contribution is 2.26. The van der Waals surface area contributed by atoms with Crippen LogP contribution in [0.15, 0.2) is 42.6 Å². The number of thioether (sulfide) groups is 1. The number of hydrogen-bond acceptors (Lipinski definition) is 5. The van der Waals surface area contributed by atoms with Gasteiger partial charge < -0.3 is 9.80 Å². The van der Waals surface area contributed by atoms with Crippen LogP contribution in [0.3, 0.4) is 0 Å². The van der Waals surface area contributed by atoms with E-state index in [1.54, 1.807) is 17.8 Å². The van der Waals surface area contributed by atoms with Crippen molar-refractivity contribution in [2.75, 3.05) is 56.5 Å². The van der Waals surface area contributed by atoms with Gasteiger partial charge in [0.1, 0.15) is 5.82 Å². The van der Waals surface area contributed by atoms with Gasteiger partial charge in [0.25, 0.3) is 0 Å². The van der Waals surface area contributed by atoms with Crippen LogP contribution in [-0.2, 0) is 10.5 Å². The normalized spacial score (nSPS) is 19.9. The number of amides is 1. The Morgan fingerprint density at radius 3 is 2.69 bits per heavy atom. The van der Waals surface area contributed by atoms with Crippen LogP contribution in [0, 0.1) is 5.92 Å². The van der Waals surface area contributed by atoms with E-state index in [1.165, 1.54) is 6.42 Å². The SMILES string of the molecule is O=C(CSCc1ccc(Cl)cc1Cl)N1CCCC(CN2CCN(c3ccccn3)CC2)C1. The maximum absolute atomic E-state index is 12.8. The van der Waals surface area contributed by atoms with E-state index in [-0.39, 0.29) is 5.91 Å². The molecule has 1 unspecified atom stereocenters. The molecule has 0 radical (unpaired) electrons. The molecule has 2 aromatic rings. The third-order valence-corrected chi connectivity index (χ3v) is 7.79. The van der Waals surface area contributed by atoms with Crippen molar-refractivity contribution in [2.45, 2.75) is 18.6 Å². The maximum atomic E-state index is 12.8. The summed E-state index contributed by atoms with van der Waals surface area (Å²) in [5.74, 6) is 3.09. The second-order valence-electron chi connectivity index (χ2n) is 8.55. The van der Waals surface area contributed by atoms with Crippen LogP contribution < -0.4 is 4.90 Å². The van der Waals surface area contributed by atoms with Crippen LogP contribution >= 0.6 is 35.0 Å². The molecular weight excluding hydrogens is 463 g/mol. The molecule has 4 rings (SSSR count). The van der Waals surface area contributed by atoms with Crippen molar-refractivity contribution in [3.8, 4) is 0 Å². The summed E-state index contributed by atoms with van der Waals surface area (Å²) < 4.78 is 0. The van der Waals surface area contributed by atoms with E-state index in [0.29, 0.717) is 21.7 Å². The smallest absolute Gasteiger partial charge is 0.232 e. The summed E-state index contributed by atoms with van der Waals surface area (Å²) in [6.07, 6.45) is 4.16. The Bertz CT molecular complexity index is 893. The summed E-state index contributed by atoms with van der Waals surface area (Å²) >= 11 is 13.8. The highest BCUT2D eigenvalue weighted by atomic mass is 35.5. The van der Waals surface area contributed by atoms with E-state index in [1.807, 2.05) is 30.5 Å². The number of piperidine rings is 1. The topological polar surface area (TPSA) is 39.7 Å². The van der Waals surface area contributed by atoms with E-state index in [9.17, 15) is 4.79 Å². The summed E-state index contributed by atoms with van der Waals surface area (Å²) in [4.78, 5) is 24.2. The highest BCUT2D eigenvalue weighted by molar-refractivity contribution is 7.99. The molecule has 0 N–H and O–H groups in total. The molecule has 0 aliphatic carbocycles. The van der Waals surface area contributed by atoms with Gasteiger partial charge in [-0.15, -0.1) is 11.8 Å². The lowest BCUT2D eigenvalue weighted by Gasteiger charge is -2.39. The van der Waals surface area contributed by atoms with Gasteiger partial charge in [0, 0.05) is 67.8 Å². The van der Waals surface area contributed by atoms with Gasteiger partial charge in [-0.05, 0) is 48.6 Å². The minimum atomic E-state index is 0.241.